The molecule has 0 saturated heterocycles. The average molecular weight is 451 g/mol. The number of aromatic nitrogens is 2. The number of hydrogen-bond donors (Lipinski definition) is 3. The summed E-state index contributed by atoms with van der Waals surface area (Å²) in [5.41, 5.74) is 8.79. The van der Waals surface area contributed by atoms with Crippen LogP contribution in [0.3, 0.4) is 0 Å². The minimum absolute atomic E-state index is 0.0346. The zero-order valence-corrected chi connectivity index (χ0v) is 18.3. The van der Waals surface area contributed by atoms with Crippen LogP contribution >= 0.6 is 0 Å². The maximum Gasteiger partial charge on any atom is 0.359 e. The van der Waals surface area contributed by atoms with E-state index in [1.807, 2.05) is 25.1 Å². The number of aryl methyl sites for hydroxylation is 1. The molecule has 0 radical (unpaired) electrons. The molecule has 4 rings (SSSR count). The molecule has 8 nitrogen and oxygen atoms in total. The standard InChI is InChI=1S/C23H22N4O4S/c1-15-7-9-17(10-8-15)32(29,30)23(2,24)31-22(28)21-20(26-16-11-13-25-14-12-16)18-5-3-4-6-19(18)27-21/h3-14,27H,24H2,1-2H3,(H,25,26). The number of anilines is 2. The van der Waals surface area contributed by atoms with Crippen molar-refractivity contribution < 1.29 is 17.9 Å². The highest BCUT2D eigenvalue weighted by Crippen LogP contribution is 2.32. The number of rotatable bonds is 6. The smallest absolute Gasteiger partial charge is 0.359 e. The Kier molecular flexibility index (Phi) is 5.45. The number of aromatic amines is 1. The van der Waals surface area contributed by atoms with Crippen LogP contribution < -0.4 is 11.1 Å². The number of ether oxygens (including phenoxy) is 1. The lowest BCUT2D eigenvalue weighted by molar-refractivity contribution is 0.0232. The molecular formula is C23H22N4O4S. The van der Waals surface area contributed by atoms with Gasteiger partial charge in [0, 0.05) is 35.9 Å². The van der Waals surface area contributed by atoms with Crippen LogP contribution in [0.1, 0.15) is 23.0 Å². The van der Waals surface area contributed by atoms with E-state index in [4.69, 9.17) is 10.5 Å². The minimum atomic E-state index is -4.17. The third kappa shape index (κ3) is 3.95. The van der Waals surface area contributed by atoms with E-state index in [1.165, 1.54) is 12.1 Å². The van der Waals surface area contributed by atoms with E-state index < -0.39 is 20.9 Å². The summed E-state index contributed by atoms with van der Waals surface area (Å²) in [5.74, 6) is -0.904. The van der Waals surface area contributed by atoms with Crippen molar-refractivity contribution in [2.45, 2.75) is 23.8 Å². The first-order valence-electron chi connectivity index (χ1n) is 9.80. The number of nitrogens with one attached hydrogen (secondary N) is 2. The number of fused-ring (bicyclic) bond motifs is 1. The van der Waals surface area contributed by atoms with E-state index in [0.29, 0.717) is 16.9 Å². The first kappa shape index (κ1) is 21.5. The molecule has 0 amide bonds. The van der Waals surface area contributed by atoms with Crippen molar-refractivity contribution in [3.05, 3.63) is 84.3 Å². The van der Waals surface area contributed by atoms with Crippen molar-refractivity contribution in [1.29, 1.82) is 0 Å². The SMILES string of the molecule is Cc1ccc(S(=O)(=O)C(C)(N)OC(=O)c2[nH]c3ccccc3c2Nc2ccncc2)cc1. The summed E-state index contributed by atoms with van der Waals surface area (Å²) in [6.07, 6.45) is 3.22. The third-order valence-corrected chi connectivity index (χ3v) is 7.06. The Morgan fingerprint density at radius 3 is 2.41 bits per heavy atom. The number of nitrogens with two attached hydrogens (primary N) is 1. The zero-order chi connectivity index (χ0) is 22.9. The molecule has 32 heavy (non-hydrogen) atoms. The highest BCUT2D eigenvalue weighted by Gasteiger charge is 2.41. The Labute approximate surface area is 185 Å². The van der Waals surface area contributed by atoms with Gasteiger partial charge in [0.2, 0.25) is 9.84 Å². The third-order valence-electron chi connectivity index (χ3n) is 5.02. The number of esters is 1. The van der Waals surface area contributed by atoms with E-state index in [9.17, 15) is 13.2 Å². The molecule has 0 spiro atoms. The van der Waals surface area contributed by atoms with Gasteiger partial charge in [-0.1, -0.05) is 35.9 Å². The molecular weight excluding hydrogens is 428 g/mol. The number of pyridine rings is 1. The number of hydrogen-bond acceptors (Lipinski definition) is 7. The summed E-state index contributed by atoms with van der Waals surface area (Å²) in [6, 6.07) is 16.9. The summed E-state index contributed by atoms with van der Waals surface area (Å²) in [6.45, 7) is 2.99. The zero-order valence-electron chi connectivity index (χ0n) is 17.5. The van der Waals surface area contributed by atoms with Crippen molar-refractivity contribution in [2.75, 3.05) is 5.32 Å². The lowest BCUT2D eigenvalue weighted by Gasteiger charge is -2.25. The van der Waals surface area contributed by atoms with Gasteiger partial charge in [-0.15, -0.1) is 0 Å². The molecule has 2 heterocycles. The normalized spacial score (nSPS) is 13.5. The summed E-state index contributed by atoms with van der Waals surface area (Å²) < 4.78 is 31.4. The quantitative estimate of drug-likeness (QED) is 0.300. The second-order valence-electron chi connectivity index (χ2n) is 7.50. The molecule has 2 aromatic heterocycles. The highest BCUT2D eigenvalue weighted by atomic mass is 32.2. The van der Waals surface area contributed by atoms with Gasteiger partial charge in [0.25, 0.3) is 5.06 Å². The van der Waals surface area contributed by atoms with Crippen molar-refractivity contribution in [2.24, 2.45) is 5.73 Å². The van der Waals surface area contributed by atoms with E-state index in [2.05, 4.69) is 15.3 Å². The van der Waals surface area contributed by atoms with Crippen molar-refractivity contribution >= 4 is 38.1 Å². The summed E-state index contributed by atoms with van der Waals surface area (Å²) in [4.78, 5) is 20.1. The largest absolute Gasteiger partial charge is 0.424 e. The molecule has 0 aliphatic heterocycles. The Hall–Kier alpha value is -3.69. The first-order chi connectivity index (χ1) is 15.2. The maximum absolute atomic E-state index is 13.1. The molecule has 4 N–H and O–H groups in total. The summed E-state index contributed by atoms with van der Waals surface area (Å²) >= 11 is 0. The van der Waals surface area contributed by atoms with Gasteiger partial charge >= 0.3 is 5.97 Å². The van der Waals surface area contributed by atoms with Gasteiger partial charge in [-0.05, 0) is 37.3 Å². The molecule has 9 heteroatoms. The van der Waals surface area contributed by atoms with Crippen LogP contribution in [0, 0.1) is 6.92 Å². The second kappa shape index (κ2) is 8.10. The van der Waals surface area contributed by atoms with Crippen LogP contribution in [0.15, 0.2) is 78.0 Å². The molecule has 0 bridgehead atoms. The second-order valence-corrected chi connectivity index (χ2v) is 9.79. The fraction of sp³-hybridized carbons (Fsp3) is 0.130. The van der Waals surface area contributed by atoms with Crippen LogP contribution in [0.2, 0.25) is 0 Å². The van der Waals surface area contributed by atoms with Crippen LogP contribution in [0.4, 0.5) is 11.4 Å². The molecule has 2 aromatic carbocycles. The number of carbonyl (C=O) groups is 1. The molecule has 1 unspecified atom stereocenters. The number of H-pyrrole nitrogens is 1. The van der Waals surface area contributed by atoms with E-state index >= 15 is 0 Å². The van der Waals surface area contributed by atoms with Crippen LogP contribution in [-0.2, 0) is 14.6 Å². The topological polar surface area (TPSA) is 127 Å². The fourth-order valence-electron chi connectivity index (χ4n) is 3.25. The first-order valence-corrected chi connectivity index (χ1v) is 11.3. The predicted molar refractivity (Wildman–Crippen MR) is 122 cm³/mol. The van der Waals surface area contributed by atoms with E-state index in [0.717, 1.165) is 17.9 Å². The van der Waals surface area contributed by atoms with Crippen molar-refractivity contribution in [3.63, 3.8) is 0 Å². The van der Waals surface area contributed by atoms with Gasteiger partial charge in [-0.3, -0.25) is 10.7 Å². The van der Waals surface area contributed by atoms with Crippen LogP contribution in [0.25, 0.3) is 10.9 Å². The molecule has 0 saturated carbocycles. The fourth-order valence-corrected chi connectivity index (χ4v) is 4.39. The van der Waals surface area contributed by atoms with Gasteiger partial charge in [-0.2, -0.15) is 0 Å². The van der Waals surface area contributed by atoms with Crippen molar-refractivity contribution in [1.82, 2.24) is 9.97 Å². The lowest BCUT2D eigenvalue weighted by atomic mass is 10.2. The van der Waals surface area contributed by atoms with E-state index in [1.54, 1.807) is 42.7 Å². The predicted octanol–water partition coefficient (Wildman–Crippen LogP) is 3.88. The molecule has 0 fully saturated rings. The molecule has 164 valence electrons. The van der Waals surface area contributed by atoms with Gasteiger partial charge in [-0.25, -0.2) is 13.2 Å². The van der Waals surface area contributed by atoms with Gasteiger partial charge in [0.1, 0.15) is 5.69 Å². The number of carbonyl (C=O) groups excluding carboxylic acids is 1. The average Bonchev–Trinajstić information content (AvgIpc) is 3.13. The number of benzene rings is 2. The highest BCUT2D eigenvalue weighted by molar-refractivity contribution is 7.92. The minimum Gasteiger partial charge on any atom is -0.424 e. The Morgan fingerprint density at radius 2 is 1.72 bits per heavy atom. The van der Waals surface area contributed by atoms with Gasteiger partial charge in [0.15, 0.2) is 0 Å². The lowest BCUT2D eigenvalue weighted by Crippen LogP contribution is -2.48. The Morgan fingerprint density at radius 1 is 1.06 bits per heavy atom. The number of nitrogens with zero attached hydrogens (tertiary/aromatic N) is 1. The summed E-state index contributed by atoms with van der Waals surface area (Å²) in [7, 11) is -4.17. The number of sulfone groups is 1. The molecule has 0 aliphatic carbocycles. The van der Waals surface area contributed by atoms with Gasteiger partial charge in [0.05, 0.1) is 10.6 Å². The van der Waals surface area contributed by atoms with Crippen LogP contribution in [-0.4, -0.2) is 29.4 Å². The molecule has 1 atom stereocenters. The number of para-hydroxylation sites is 1. The van der Waals surface area contributed by atoms with E-state index in [-0.39, 0.29) is 10.6 Å². The van der Waals surface area contributed by atoms with Crippen LogP contribution in [0.5, 0.6) is 0 Å². The van der Waals surface area contributed by atoms with Gasteiger partial charge < -0.3 is 15.0 Å². The molecule has 0 aliphatic rings. The Bertz CT molecular complexity index is 1380. The summed E-state index contributed by atoms with van der Waals surface area (Å²) in [5, 5.41) is 1.62. The van der Waals surface area contributed by atoms with Crippen molar-refractivity contribution in [3.8, 4) is 0 Å². The molecule has 4 aromatic rings. The maximum atomic E-state index is 13.1. The monoisotopic (exact) mass is 450 g/mol. The Balaban J connectivity index is 1.70.